The van der Waals surface area contributed by atoms with E-state index >= 15 is 0 Å². The number of pyridine rings is 1. The van der Waals surface area contributed by atoms with Gasteiger partial charge in [0.15, 0.2) is 5.82 Å². The largest absolute Gasteiger partial charge is 0.315 e. The molecule has 0 aromatic carbocycles. The Labute approximate surface area is 132 Å². The highest BCUT2D eigenvalue weighted by atomic mass is 19.1. The fourth-order valence-corrected chi connectivity index (χ4v) is 3.06. The maximum atomic E-state index is 12.8. The van der Waals surface area contributed by atoms with Gasteiger partial charge in [-0.15, -0.1) is 0 Å². The lowest BCUT2D eigenvalue weighted by molar-refractivity contribution is 0.102. The van der Waals surface area contributed by atoms with Gasteiger partial charge in [0, 0.05) is 12.7 Å². The summed E-state index contributed by atoms with van der Waals surface area (Å²) in [6, 6.07) is 1.68. The molecule has 2 heterocycles. The maximum Gasteiger partial charge on any atom is 0.263 e. The minimum atomic E-state index is -0.595. The van der Waals surface area contributed by atoms with Gasteiger partial charge in [0.25, 0.3) is 11.5 Å². The zero-order chi connectivity index (χ0) is 16.6. The molecule has 1 unspecified atom stereocenters. The first kappa shape index (κ1) is 15.3. The van der Waals surface area contributed by atoms with Crippen LogP contribution in [0.15, 0.2) is 23.3 Å². The number of anilines is 1. The molecule has 1 aliphatic carbocycles. The summed E-state index contributed by atoms with van der Waals surface area (Å²) in [7, 11) is 1.68. The molecule has 2 aromatic rings. The van der Waals surface area contributed by atoms with Gasteiger partial charge >= 0.3 is 0 Å². The van der Waals surface area contributed by atoms with Crippen molar-refractivity contribution in [1.29, 1.82) is 0 Å². The summed E-state index contributed by atoms with van der Waals surface area (Å²) in [6.07, 6.45) is 4.72. The number of aromatic nitrogens is 3. The lowest BCUT2D eigenvalue weighted by Crippen LogP contribution is -2.30. The second-order valence-electron chi connectivity index (χ2n) is 5.65. The molecule has 6 nitrogen and oxygen atoms in total. The Hall–Kier alpha value is -2.57. The number of halogens is 1. The molecular formula is C16H17FN4O2. The molecule has 3 rings (SSSR count). The highest BCUT2D eigenvalue weighted by molar-refractivity contribution is 6.03. The van der Waals surface area contributed by atoms with Crippen molar-refractivity contribution in [1.82, 2.24) is 14.5 Å². The minimum absolute atomic E-state index is 0.0361. The van der Waals surface area contributed by atoms with E-state index in [1.54, 1.807) is 17.7 Å². The van der Waals surface area contributed by atoms with Crippen LogP contribution in [0.25, 0.3) is 0 Å². The van der Waals surface area contributed by atoms with Crippen molar-refractivity contribution in [3.63, 3.8) is 0 Å². The van der Waals surface area contributed by atoms with Crippen LogP contribution in [-0.4, -0.2) is 20.4 Å². The molecule has 7 heteroatoms. The van der Waals surface area contributed by atoms with Crippen LogP contribution in [0.3, 0.4) is 0 Å². The Morgan fingerprint density at radius 1 is 1.43 bits per heavy atom. The standard InChI is InChI=1S/C16H17FN4O2/c1-3-9-4-5-13-11(9)6-12(15(23)21(13)2)14(22)20-16-18-7-10(17)8-19-16/h6-9H,3-5H2,1-2H3,(H,18,19,20,22). The van der Waals surface area contributed by atoms with Gasteiger partial charge in [-0.2, -0.15) is 0 Å². The van der Waals surface area contributed by atoms with Crippen LogP contribution in [0, 0.1) is 5.82 Å². The fraction of sp³-hybridized carbons (Fsp3) is 0.375. The lowest BCUT2D eigenvalue weighted by atomic mass is 9.98. The highest BCUT2D eigenvalue weighted by Gasteiger charge is 2.26. The molecule has 0 bridgehead atoms. The average molecular weight is 316 g/mol. The first-order valence-electron chi connectivity index (χ1n) is 7.53. The summed E-state index contributed by atoms with van der Waals surface area (Å²) in [4.78, 5) is 32.1. The van der Waals surface area contributed by atoms with Crippen molar-refractivity contribution in [2.75, 3.05) is 5.32 Å². The van der Waals surface area contributed by atoms with Crippen molar-refractivity contribution in [3.8, 4) is 0 Å². The molecule has 0 spiro atoms. The maximum absolute atomic E-state index is 12.8. The summed E-state index contributed by atoms with van der Waals surface area (Å²) < 4.78 is 14.4. The molecule has 120 valence electrons. The first-order chi connectivity index (χ1) is 11.0. The molecule has 0 saturated carbocycles. The molecule has 0 aliphatic heterocycles. The Morgan fingerprint density at radius 3 is 2.78 bits per heavy atom. The predicted molar refractivity (Wildman–Crippen MR) is 83.0 cm³/mol. The second-order valence-corrected chi connectivity index (χ2v) is 5.65. The van der Waals surface area contributed by atoms with E-state index in [-0.39, 0.29) is 17.1 Å². The van der Waals surface area contributed by atoms with E-state index in [1.807, 2.05) is 0 Å². The van der Waals surface area contributed by atoms with Crippen molar-refractivity contribution in [2.45, 2.75) is 32.1 Å². The van der Waals surface area contributed by atoms with E-state index in [4.69, 9.17) is 0 Å². The smallest absolute Gasteiger partial charge is 0.263 e. The molecule has 2 aromatic heterocycles. The van der Waals surface area contributed by atoms with Crippen LogP contribution in [0.1, 0.15) is 47.3 Å². The predicted octanol–water partition coefficient (Wildman–Crippen LogP) is 2.01. The summed E-state index contributed by atoms with van der Waals surface area (Å²) in [5, 5.41) is 2.44. The molecule has 0 radical (unpaired) electrons. The van der Waals surface area contributed by atoms with Gasteiger partial charge in [-0.1, -0.05) is 6.92 Å². The number of nitrogens with one attached hydrogen (secondary N) is 1. The number of rotatable bonds is 3. The van der Waals surface area contributed by atoms with E-state index in [1.165, 1.54) is 0 Å². The number of fused-ring (bicyclic) bond motifs is 1. The van der Waals surface area contributed by atoms with Gasteiger partial charge in [0.2, 0.25) is 5.95 Å². The summed E-state index contributed by atoms with van der Waals surface area (Å²) in [5.41, 5.74) is 1.76. The van der Waals surface area contributed by atoms with Crippen LogP contribution < -0.4 is 10.9 Å². The summed E-state index contributed by atoms with van der Waals surface area (Å²) in [6.45, 7) is 2.09. The molecule has 0 saturated heterocycles. The molecule has 0 fully saturated rings. The molecule has 1 aliphatic rings. The first-order valence-corrected chi connectivity index (χ1v) is 7.53. The van der Waals surface area contributed by atoms with Gasteiger partial charge in [0.05, 0.1) is 12.4 Å². The van der Waals surface area contributed by atoms with Gasteiger partial charge < -0.3 is 4.57 Å². The van der Waals surface area contributed by atoms with Crippen LogP contribution in [0.5, 0.6) is 0 Å². The highest BCUT2D eigenvalue weighted by Crippen LogP contribution is 2.34. The van der Waals surface area contributed by atoms with Crippen LogP contribution in [0.4, 0.5) is 10.3 Å². The minimum Gasteiger partial charge on any atom is -0.315 e. The Bertz CT molecular complexity index is 814. The number of amides is 1. The summed E-state index contributed by atoms with van der Waals surface area (Å²) >= 11 is 0. The number of nitrogens with zero attached hydrogens (tertiary/aromatic N) is 3. The Balaban J connectivity index is 1.96. The number of hydrogen-bond donors (Lipinski definition) is 1. The lowest BCUT2D eigenvalue weighted by Gasteiger charge is -2.13. The van der Waals surface area contributed by atoms with Crippen LogP contribution in [-0.2, 0) is 13.5 Å². The molecular weight excluding hydrogens is 299 g/mol. The molecule has 1 N–H and O–H groups in total. The quantitative estimate of drug-likeness (QED) is 0.939. The van der Waals surface area contributed by atoms with E-state index < -0.39 is 11.7 Å². The third-order valence-corrected chi connectivity index (χ3v) is 4.33. The van der Waals surface area contributed by atoms with Gasteiger partial charge in [-0.05, 0) is 36.8 Å². The normalized spacial score (nSPS) is 16.2. The third kappa shape index (κ3) is 2.74. The fourth-order valence-electron chi connectivity index (χ4n) is 3.06. The van der Waals surface area contributed by atoms with Crippen molar-refractivity contribution < 1.29 is 9.18 Å². The van der Waals surface area contributed by atoms with Crippen molar-refractivity contribution in [3.05, 3.63) is 51.5 Å². The van der Waals surface area contributed by atoms with E-state index in [9.17, 15) is 14.0 Å². The number of carbonyl (C=O) groups excluding carboxylic acids is 1. The van der Waals surface area contributed by atoms with Gasteiger partial charge in [0.1, 0.15) is 5.56 Å². The monoisotopic (exact) mass is 316 g/mol. The van der Waals surface area contributed by atoms with Gasteiger partial charge in [-0.3, -0.25) is 14.9 Å². The van der Waals surface area contributed by atoms with E-state index in [2.05, 4.69) is 22.2 Å². The molecule has 1 amide bonds. The zero-order valence-electron chi connectivity index (χ0n) is 13.0. The number of carbonyl (C=O) groups is 1. The van der Waals surface area contributed by atoms with Gasteiger partial charge in [-0.25, -0.2) is 14.4 Å². The van der Waals surface area contributed by atoms with Crippen LogP contribution >= 0.6 is 0 Å². The van der Waals surface area contributed by atoms with E-state index in [0.29, 0.717) is 5.92 Å². The van der Waals surface area contributed by atoms with Crippen molar-refractivity contribution in [2.24, 2.45) is 7.05 Å². The average Bonchev–Trinajstić information content (AvgIpc) is 2.96. The van der Waals surface area contributed by atoms with Crippen LogP contribution in [0.2, 0.25) is 0 Å². The third-order valence-electron chi connectivity index (χ3n) is 4.33. The molecule has 1 atom stereocenters. The zero-order valence-corrected chi connectivity index (χ0v) is 13.0. The van der Waals surface area contributed by atoms with E-state index in [0.717, 1.165) is 42.9 Å². The number of hydrogen-bond acceptors (Lipinski definition) is 4. The molecule has 23 heavy (non-hydrogen) atoms. The summed E-state index contributed by atoms with van der Waals surface area (Å²) in [5.74, 6) is -0.847. The van der Waals surface area contributed by atoms with Crippen molar-refractivity contribution >= 4 is 11.9 Å². The topological polar surface area (TPSA) is 76.9 Å². The second kappa shape index (κ2) is 5.91. The SMILES string of the molecule is CCC1CCc2c1cc(C(=O)Nc1ncc(F)cn1)c(=O)n2C. The Morgan fingerprint density at radius 2 is 2.13 bits per heavy atom. The Kier molecular flexibility index (Phi) is 3.94.